The monoisotopic (exact) mass is 242 g/mol. The Morgan fingerprint density at radius 2 is 2.29 bits per heavy atom. The van der Waals surface area contributed by atoms with Crippen LogP contribution >= 0.6 is 0 Å². The van der Waals surface area contributed by atoms with Gasteiger partial charge in [-0.3, -0.25) is 4.79 Å². The van der Waals surface area contributed by atoms with Gasteiger partial charge in [0.25, 0.3) is 0 Å². The molecular weight excluding hydrogens is 228 g/mol. The number of nitrogens with two attached hydrogens (primary N) is 1. The fraction of sp³-hybridized carbons (Fsp3) is 0.400. The van der Waals surface area contributed by atoms with Gasteiger partial charge in [0, 0.05) is 6.54 Å². The minimum absolute atomic E-state index is 0.106. The van der Waals surface area contributed by atoms with Crippen LogP contribution in [0.15, 0.2) is 16.7 Å². The van der Waals surface area contributed by atoms with E-state index >= 15 is 0 Å². The summed E-state index contributed by atoms with van der Waals surface area (Å²) in [5.41, 5.74) is 4.99. The summed E-state index contributed by atoms with van der Waals surface area (Å²) in [6, 6.07) is 1.44. The van der Waals surface area contributed by atoms with E-state index in [9.17, 15) is 9.59 Å². The molecular formula is C10H14N2O5. The SMILES string of the molecule is NC(=O)COCCNCc1cc(C(=O)O)co1. The lowest BCUT2D eigenvalue weighted by atomic mass is 10.3. The van der Waals surface area contributed by atoms with Crippen LogP contribution in [0.3, 0.4) is 0 Å². The topological polar surface area (TPSA) is 115 Å². The lowest BCUT2D eigenvalue weighted by Gasteiger charge is -2.02. The third kappa shape index (κ3) is 5.14. The predicted octanol–water partition coefficient (Wildman–Crippen LogP) is -0.431. The van der Waals surface area contributed by atoms with E-state index in [-0.39, 0.29) is 12.2 Å². The van der Waals surface area contributed by atoms with Crippen LogP contribution in [0.5, 0.6) is 0 Å². The number of primary amides is 1. The molecule has 4 N–H and O–H groups in total. The van der Waals surface area contributed by atoms with Gasteiger partial charge in [-0.1, -0.05) is 0 Å². The Kier molecular flexibility index (Phi) is 5.18. The summed E-state index contributed by atoms with van der Waals surface area (Å²) in [5, 5.41) is 11.6. The van der Waals surface area contributed by atoms with E-state index in [1.54, 1.807) is 0 Å². The second-order valence-corrected chi connectivity index (χ2v) is 3.30. The molecule has 1 rings (SSSR count). The summed E-state index contributed by atoms with van der Waals surface area (Å²) in [5.74, 6) is -1.01. The maximum absolute atomic E-state index is 10.5. The van der Waals surface area contributed by atoms with Gasteiger partial charge in [-0.05, 0) is 6.07 Å². The van der Waals surface area contributed by atoms with Gasteiger partial charge in [0.15, 0.2) is 0 Å². The molecule has 0 radical (unpaired) electrons. The average Bonchev–Trinajstić information content (AvgIpc) is 2.71. The molecule has 0 bridgehead atoms. The van der Waals surface area contributed by atoms with Crippen LogP contribution in [0.2, 0.25) is 0 Å². The van der Waals surface area contributed by atoms with Gasteiger partial charge in [-0.2, -0.15) is 0 Å². The number of furan rings is 1. The lowest BCUT2D eigenvalue weighted by Crippen LogP contribution is -2.23. The van der Waals surface area contributed by atoms with Crippen LogP contribution < -0.4 is 11.1 Å². The molecule has 0 fully saturated rings. The standard InChI is InChI=1S/C10H14N2O5/c11-9(13)6-16-2-1-12-4-8-3-7(5-17-8)10(14)15/h3,5,12H,1-2,4,6H2,(H2,11,13)(H,14,15). The normalized spacial score (nSPS) is 10.4. The van der Waals surface area contributed by atoms with E-state index in [1.807, 2.05) is 0 Å². The van der Waals surface area contributed by atoms with Crippen molar-refractivity contribution in [3.63, 3.8) is 0 Å². The average molecular weight is 242 g/mol. The van der Waals surface area contributed by atoms with E-state index in [0.29, 0.717) is 25.5 Å². The Labute approximate surface area is 97.5 Å². The van der Waals surface area contributed by atoms with Gasteiger partial charge in [-0.15, -0.1) is 0 Å². The Morgan fingerprint density at radius 1 is 1.53 bits per heavy atom. The largest absolute Gasteiger partial charge is 0.478 e. The van der Waals surface area contributed by atoms with Gasteiger partial charge in [0.1, 0.15) is 18.6 Å². The van der Waals surface area contributed by atoms with E-state index in [0.717, 1.165) is 0 Å². The third-order valence-electron chi connectivity index (χ3n) is 1.87. The molecule has 0 atom stereocenters. The van der Waals surface area contributed by atoms with Crippen molar-refractivity contribution in [3.8, 4) is 0 Å². The zero-order valence-corrected chi connectivity index (χ0v) is 9.14. The Bertz CT molecular complexity index is 388. The van der Waals surface area contributed by atoms with Crippen molar-refractivity contribution in [3.05, 3.63) is 23.7 Å². The van der Waals surface area contributed by atoms with Crippen molar-refractivity contribution in [2.24, 2.45) is 5.73 Å². The van der Waals surface area contributed by atoms with Gasteiger partial charge >= 0.3 is 5.97 Å². The fourth-order valence-corrected chi connectivity index (χ4v) is 1.11. The molecule has 0 saturated carbocycles. The summed E-state index contributed by atoms with van der Waals surface area (Å²) < 4.78 is 9.93. The first kappa shape index (κ1) is 13.2. The highest BCUT2D eigenvalue weighted by Crippen LogP contribution is 2.06. The van der Waals surface area contributed by atoms with Crippen LogP contribution in [0, 0.1) is 0 Å². The number of aromatic carboxylic acids is 1. The van der Waals surface area contributed by atoms with Crippen molar-refractivity contribution < 1.29 is 23.8 Å². The molecule has 1 amide bonds. The summed E-state index contributed by atoms with van der Waals surface area (Å²) >= 11 is 0. The van der Waals surface area contributed by atoms with E-state index in [4.69, 9.17) is 20.0 Å². The first-order valence-corrected chi connectivity index (χ1v) is 4.97. The van der Waals surface area contributed by atoms with Crippen molar-refractivity contribution in [2.75, 3.05) is 19.8 Å². The van der Waals surface area contributed by atoms with Gasteiger partial charge in [-0.25, -0.2) is 4.79 Å². The molecule has 0 aliphatic rings. The van der Waals surface area contributed by atoms with Crippen molar-refractivity contribution in [2.45, 2.75) is 6.54 Å². The number of carbonyl (C=O) groups is 2. The van der Waals surface area contributed by atoms with Crippen LogP contribution in [0.1, 0.15) is 16.1 Å². The van der Waals surface area contributed by atoms with Gasteiger partial charge in [0.2, 0.25) is 5.91 Å². The van der Waals surface area contributed by atoms with Gasteiger partial charge in [0.05, 0.1) is 18.7 Å². The minimum atomic E-state index is -1.02. The molecule has 7 nitrogen and oxygen atoms in total. The molecule has 1 aromatic rings. The number of carboxylic acids is 1. The summed E-state index contributed by atoms with van der Waals surface area (Å²) in [7, 11) is 0. The molecule has 94 valence electrons. The Hall–Kier alpha value is -1.86. The summed E-state index contributed by atoms with van der Waals surface area (Å²) in [4.78, 5) is 20.9. The first-order valence-electron chi connectivity index (χ1n) is 4.97. The van der Waals surface area contributed by atoms with Crippen LogP contribution in [0.25, 0.3) is 0 Å². The molecule has 0 saturated heterocycles. The molecule has 17 heavy (non-hydrogen) atoms. The van der Waals surface area contributed by atoms with E-state index in [1.165, 1.54) is 12.3 Å². The van der Waals surface area contributed by atoms with Crippen LogP contribution in [-0.2, 0) is 16.1 Å². The maximum Gasteiger partial charge on any atom is 0.338 e. The van der Waals surface area contributed by atoms with Crippen molar-refractivity contribution >= 4 is 11.9 Å². The molecule has 0 aliphatic carbocycles. The lowest BCUT2D eigenvalue weighted by molar-refractivity contribution is -0.122. The second-order valence-electron chi connectivity index (χ2n) is 3.30. The molecule has 1 heterocycles. The number of hydrogen-bond acceptors (Lipinski definition) is 5. The van der Waals surface area contributed by atoms with Crippen molar-refractivity contribution in [1.82, 2.24) is 5.32 Å². The Morgan fingerprint density at radius 3 is 2.88 bits per heavy atom. The second kappa shape index (κ2) is 6.66. The number of hydrogen-bond donors (Lipinski definition) is 3. The highest BCUT2D eigenvalue weighted by Gasteiger charge is 2.07. The first-order chi connectivity index (χ1) is 8.09. The maximum atomic E-state index is 10.5. The summed E-state index contributed by atoms with van der Waals surface area (Å²) in [6.45, 7) is 1.14. The zero-order valence-electron chi connectivity index (χ0n) is 9.14. The number of rotatable bonds is 8. The fourth-order valence-electron chi connectivity index (χ4n) is 1.11. The number of carbonyl (C=O) groups excluding carboxylic acids is 1. The third-order valence-corrected chi connectivity index (χ3v) is 1.87. The quantitative estimate of drug-likeness (QED) is 0.533. The zero-order chi connectivity index (χ0) is 12.7. The van der Waals surface area contributed by atoms with Crippen molar-refractivity contribution in [1.29, 1.82) is 0 Å². The number of ether oxygens (including phenoxy) is 1. The van der Waals surface area contributed by atoms with E-state index < -0.39 is 11.9 Å². The molecule has 1 aromatic heterocycles. The highest BCUT2D eigenvalue weighted by atomic mass is 16.5. The molecule has 7 heteroatoms. The Balaban J connectivity index is 2.13. The smallest absolute Gasteiger partial charge is 0.338 e. The number of carboxylic acid groups (broad SMARTS) is 1. The highest BCUT2D eigenvalue weighted by molar-refractivity contribution is 5.87. The van der Waals surface area contributed by atoms with Crippen LogP contribution in [-0.4, -0.2) is 36.7 Å². The number of amides is 1. The van der Waals surface area contributed by atoms with Gasteiger partial charge < -0.3 is 25.3 Å². The molecule has 0 aromatic carbocycles. The minimum Gasteiger partial charge on any atom is -0.478 e. The van der Waals surface area contributed by atoms with E-state index in [2.05, 4.69) is 5.32 Å². The summed E-state index contributed by atoms with van der Waals surface area (Å²) in [6.07, 6.45) is 1.18. The molecule has 0 unspecified atom stereocenters. The van der Waals surface area contributed by atoms with Crippen LogP contribution in [0.4, 0.5) is 0 Å². The molecule has 0 spiro atoms. The number of nitrogens with one attached hydrogen (secondary N) is 1. The molecule has 0 aliphatic heterocycles. The predicted molar refractivity (Wildman–Crippen MR) is 57.4 cm³/mol.